The first-order valence-electron chi connectivity index (χ1n) is 19.2. The number of ether oxygens (including phenoxy) is 2. The predicted octanol–water partition coefficient (Wildman–Crippen LogP) is 8.27. The van der Waals surface area contributed by atoms with Gasteiger partial charge in [-0.3, -0.25) is 0 Å². The maximum Gasteiger partial charge on any atom is 0.187 e. The summed E-state index contributed by atoms with van der Waals surface area (Å²) in [5.74, 6) is 0. The van der Waals surface area contributed by atoms with Crippen LogP contribution < -0.4 is 0 Å². The number of hydrogen-bond donors (Lipinski definition) is 5. The summed E-state index contributed by atoms with van der Waals surface area (Å²) in [4.78, 5) is 0. The number of rotatable bonds is 31. The molecule has 0 radical (unpaired) electrons. The van der Waals surface area contributed by atoms with Gasteiger partial charge < -0.3 is 35.0 Å². The minimum absolute atomic E-state index is 0.163. The van der Waals surface area contributed by atoms with E-state index < -0.39 is 43.4 Å². The summed E-state index contributed by atoms with van der Waals surface area (Å²) in [5, 5.41) is 50.8. The fourth-order valence-corrected chi connectivity index (χ4v) is 6.34. The summed E-state index contributed by atoms with van der Waals surface area (Å²) < 4.78 is 11.4. The normalized spacial score (nSPS) is 23.1. The number of unbranched alkanes of at least 4 members (excludes halogenated alkanes) is 22. The highest BCUT2D eigenvalue weighted by Crippen LogP contribution is 2.24. The monoisotopic (exact) mass is 643 g/mol. The van der Waals surface area contributed by atoms with E-state index in [1.54, 1.807) is 0 Å². The van der Waals surface area contributed by atoms with E-state index >= 15 is 0 Å². The first kappa shape index (κ1) is 42.5. The van der Waals surface area contributed by atoms with Crippen LogP contribution in [0.5, 0.6) is 0 Å². The van der Waals surface area contributed by atoms with Crippen LogP contribution in [0.15, 0.2) is 11.6 Å². The molecule has 268 valence electrons. The van der Waals surface area contributed by atoms with E-state index in [4.69, 9.17) is 9.47 Å². The number of hydrogen-bond acceptors (Lipinski definition) is 7. The van der Waals surface area contributed by atoms with Crippen molar-refractivity contribution >= 4 is 0 Å². The predicted molar refractivity (Wildman–Crippen MR) is 185 cm³/mol. The Balaban J connectivity index is 2.39. The second-order valence-corrected chi connectivity index (χ2v) is 13.7. The lowest BCUT2D eigenvalue weighted by molar-refractivity contribution is -0.299. The first-order valence-corrected chi connectivity index (χ1v) is 19.2. The number of aliphatic hydroxyl groups excluding tert-OH is 5. The molecule has 0 unspecified atom stereocenters. The van der Waals surface area contributed by atoms with Gasteiger partial charge in [-0.05, 0) is 24.8 Å². The molecule has 0 saturated carbocycles. The van der Waals surface area contributed by atoms with Crippen LogP contribution in [0, 0.1) is 0 Å². The van der Waals surface area contributed by atoms with E-state index in [1.165, 1.54) is 128 Å². The van der Waals surface area contributed by atoms with Gasteiger partial charge in [0.2, 0.25) is 0 Å². The van der Waals surface area contributed by atoms with Crippen molar-refractivity contribution in [2.45, 2.75) is 218 Å². The van der Waals surface area contributed by atoms with Crippen LogP contribution in [-0.2, 0) is 9.47 Å². The van der Waals surface area contributed by atoms with Gasteiger partial charge in [0.05, 0.1) is 19.3 Å². The van der Waals surface area contributed by atoms with Gasteiger partial charge in [0.25, 0.3) is 0 Å². The molecule has 0 amide bonds. The molecule has 1 aliphatic rings. The van der Waals surface area contributed by atoms with Gasteiger partial charge >= 0.3 is 0 Å². The maximum atomic E-state index is 10.8. The van der Waals surface area contributed by atoms with Crippen molar-refractivity contribution in [1.29, 1.82) is 0 Å². The third kappa shape index (κ3) is 21.9. The molecule has 0 aliphatic carbocycles. The van der Waals surface area contributed by atoms with Gasteiger partial charge in [-0.25, -0.2) is 0 Å². The van der Waals surface area contributed by atoms with E-state index in [1.807, 2.05) is 6.08 Å². The molecule has 7 nitrogen and oxygen atoms in total. The molecular formula is C38H74O7. The summed E-state index contributed by atoms with van der Waals surface area (Å²) in [5.41, 5.74) is 0.963. The average molecular weight is 643 g/mol. The van der Waals surface area contributed by atoms with E-state index in [9.17, 15) is 25.5 Å². The molecule has 0 aromatic heterocycles. The third-order valence-electron chi connectivity index (χ3n) is 9.41. The lowest BCUT2D eigenvalue weighted by Crippen LogP contribution is -2.59. The van der Waals surface area contributed by atoms with Gasteiger partial charge in [-0.2, -0.15) is 0 Å². The van der Waals surface area contributed by atoms with Crippen LogP contribution in [0.4, 0.5) is 0 Å². The summed E-state index contributed by atoms with van der Waals surface area (Å²) in [7, 11) is 0. The highest BCUT2D eigenvalue weighted by atomic mass is 16.7. The zero-order chi connectivity index (χ0) is 33.0. The van der Waals surface area contributed by atoms with Crippen LogP contribution in [0.25, 0.3) is 0 Å². The summed E-state index contributed by atoms with van der Waals surface area (Å²) in [6, 6.07) is 0. The average Bonchev–Trinajstić information content (AvgIpc) is 3.04. The Morgan fingerprint density at radius 1 is 0.600 bits per heavy atom. The summed E-state index contributed by atoms with van der Waals surface area (Å²) in [6.07, 6.45) is 27.3. The zero-order valence-electron chi connectivity index (χ0n) is 29.4. The van der Waals surface area contributed by atoms with E-state index in [0.717, 1.165) is 44.1 Å². The molecule has 5 N–H and O–H groups in total. The van der Waals surface area contributed by atoms with Crippen LogP contribution >= 0.6 is 0 Å². The topological polar surface area (TPSA) is 120 Å². The van der Waals surface area contributed by atoms with E-state index in [2.05, 4.69) is 13.8 Å². The Morgan fingerprint density at radius 3 is 1.47 bits per heavy atom. The van der Waals surface area contributed by atoms with E-state index in [0.29, 0.717) is 0 Å². The molecule has 45 heavy (non-hydrogen) atoms. The molecule has 0 aromatic rings. The molecule has 1 heterocycles. The van der Waals surface area contributed by atoms with Crippen LogP contribution in [0.1, 0.15) is 181 Å². The van der Waals surface area contributed by atoms with Crippen LogP contribution in [-0.4, -0.2) is 75.6 Å². The summed E-state index contributed by atoms with van der Waals surface area (Å²) in [6.45, 7) is 4.20. The van der Waals surface area contributed by atoms with Gasteiger partial charge in [-0.15, -0.1) is 0 Å². The fraction of sp³-hybridized carbons (Fsp3) is 0.947. The Bertz CT molecular complexity index is 670. The van der Waals surface area contributed by atoms with Crippen molar-refractivity contribution in [3.05, 3.63) is 11.6 Å². The van der Waals surface area contributed by atoms with Crippen molar-refractivity contribution < 1.29 is 35.0 Å². The molecule has 0 aromatic carbocycles. The van der Waals surface area contributed by atoms with Crippen LogP contribution in [0.2, 0.25) is 0 Å². The quantitative estimate of drug-likeness (QED) is 0.0381. The molecule has 1 fully saturated rings. The maximum absolute atomic E-state index is 10.8. The lowest BCUT2D eigenvalue weighted by atomic mass is 9.99. The Hall–Kier alpha value is -0.540. The highest BCUT2D eigenvalue weighted by molar-refractivity contribution is 5.06. The molecule has 6 atom stereocenters. The second kappa shape index (κ2) is 29.6. The van der Waals surface area contributed by atoms with Gasteiger partial charge in [0, 0.05) is 0 Å². The second-order valence-electron chi connectivity index (χ2n) is 13.7. The van der Waals surface area contributed by atoms with Crippen molar-refractivity contribution in [2.75, 3.05) is 13.2 Å². The van der Waals surface area contributed by atoms with Crippen molar-refractivity contribution in [1.82, 2.24) is 0 Å². The minimum Gasteiger partial charge on any atom is -0.394 e. The standard InChI is InChI=1S/C38H74O7/c1-3-5-7-9-11-13-15-17-19-21-23-25-27-32(31-44-38-37(43)36(42)35(41)34(30-39)45-38)29-33(40)28-26-24-22-20-18-16-14-12-10-8-6-4-2/h29,33-43H,3-28,30-31H2,1-2H3/b32-29-/t33-,34-,35+,36+,37-,38-/m1/s1. The Morgan fingerprint density at radius 2 is 1.02 bits per heavy atom. The Labute approximate surface area is 277 Å². The molecule has 1 saturated heterocycles. The van der Waals surface area contributed by atoms with Gasteiger partial charge in [0.1, 0.15) is 24.4 Å². The minimum atomic E-state index is -1.46. The molecule has 1 rings (SSSR count). The molecule has 0 bridgehead atoms. The molecule has 0 spiro atoms. The zero-order valence-corrected chi connectivity index (χ0v) is 29.4. The third-order valence-corrected chi connectivity index (χ3v) is 9.41. The van der Waals surface area contributed by atoms with Crippen LogP contribution in [0.3, 0.4) is 0 Å². The number of aliphatic hydroxyl groups is 5. The lowest BCUT2D eigenvalue weighted by Gasteiger charge is -2.39. The largest absolute Gasteiger partial charge is 0.394 e. The SMILES string of the molecule is CCCCCCCCCCCCCC/C(=C/[C@H](O)CCCCCCCCCCCCCC)CO[C@@H]1O[C@H](CO)[C@H](O)[C@H](O)[C@H]1O. The van der Waals surface area contributed by atoms with Gasteiger partial charge in [-0.1, -0.05) is 168 Å². The fourth-order valence-electron chi connectivity index (χ4n) is 6.34. The van der Waals surface area contributed by atoms with Crippen molar-refractivity contribution in [2.24, 2.45) is 0 Å². The molecule has 1 aliphatic heterocycles. The smallest absolute Gasteiger partial charge is 0.187 e. The summed E-state index contributed by atoms with van der Waals surface area (Å²) >= 11 is 0. The van der Waals surface area contributed by atoms with Gasteiger partial charge in [0.15, 0.2) is 6.29 Å². The van der Waals surface area contributed by atoms with Crippen molar-refractivity contribution in [3.63, 3.8) is 0 Å². The van der Waals surface area contributed by atoms with Crippen molar-refractivity contribution in [3.8, 4) is 0 Å². The Kier molecular flexibility index (Phi) is 27.9. The molecular weight excluding hydrogens is 568 g/mol. The van der Waals surface area contributed by atoms with E-state index in [-0.39, 0.29) is 6.61 Å². The molecule has 7 heteroatoms. The first-order chi connectivity index (χ1) is 21.9. The highest BCUT2D eigenvalue weighted by Gasteiger charge is 2.44.